The van der Waals surface area contributed by atoms with E-state index in [-0.39, 0.29) is 11.7 Å². The zero-order valence-electron chi connectivity index (χ0n) is 13.5. The van der Waals surface area contributed by atoms with E-state index in [1.165, 1.54) is 11.5 Å². The minimum absolute atomic E-state index is 0.126. The highest BCUT2D eigenvalue weighted by atomic mass is 16.6. The molecule has 1 aliphatic rings. The zero-order chi connectivity index (χ0) is 17.3. The van der Waals surface area contributed by atoms with Crippen molar-refractivity contribution in [2.75, 3.05) is 0 Å². The van der Waals surface area contributed by atoms with Crippen molar-refractivity contribution >= 4 is 5.69 Å². The standard InChI is InChI=1S/C17H19N3O4/c1-12-15(20(23)24)16(21)19(14-8-5-9-14)17(22)18(12)11-10-13-6-3-2-4-7-13/h2-4,6-7,14H,5,8-11H2,1H3. The molecule has 7 nitrogen and oxygen atoms in total. The number of nitro groups is 1. The fourth-order valence-electron chi connectivity index (χ4n) is 3.08. The van der Waals surface area contributed by atoms with Crippen molar-refractivity contribution in [2.45, 2.75) is 45.2 Å². The van der Waals surface area contributed by atoms with Gasteiger partial charge in [0, 0.05) is 12.6 Å². The van der Waals surface area contributed by atoms with Crippen LogP contribution in [0.25, 0.3) is 0 Å². The van der Waals surface area contributed by atoms with Gasteiger partial charge in [0.2, 0.25) is 0 Å². The lowest BCUT2D eigenvalue weighted by molar-refractivity contribution is -0.387. The van der Waals surface area contributed by atoms with Crippen LogP contribution in [0.15, 0.2) is 39.9 Å². The number of nitrogens with zero attached hydrogens (tertiary/aromatic N) is 3. The van der Waals surface area contributed by atoms with Gasteiger partial charge in [-0.15, -0.1) is 0 Å². The van der Waals surface area contributed by atoms with E-state index >= 15 is 0 Å². The van der Waals surface area contributed by atoms with Crippen LogP contribution in [0.1, 0.15) is 36.6 Å². The van der Waals surface area contributed by atoms with Gasteiger partial charge in [-0.05, 0) is 38.2 Å². The highest BCUT2D eigenvalue weighted by Gasteiger charge is 2.30. The summed E-state index contributed by atoms with van der Waals surface area (Å²) < 4.78 is 2.45. The highest BCUT2D eigenvalue weighted by molar-refractivity contribution is 5.32. The summed E-state index contributed by atoms with van der Waals surface area (Å²) >= 11 is 0. The molecule has 0 aliphatic heterocycles. The summed E-state index contributed by atoms with van der Waals surface area (Å²) in [7, 11) is 0. The molecule has 0 radical (unpaired) electrons. The Labute approximate surface area is 138 Å². The lowest BCUT2D eigenvalue weighted by atomic mass is 9.93. The maximum absolute atomic E-state index is 12.7. The number of aromatic nitrogens is 2. The van der Waals surface area contributed by atoms with E-state index in [4.69, 9.17) is 0 Å². The van der Waals surface area contributed by atoms with E-state index in [0.717, 1.165) is 16.6 Å². The van der Waals surface area contributed by atoms with Gasteiger partial charge < -0.3 is 0 Å². The van der Waals surface area contributed by atoms with Gasteiger partial charge in [0.1, 0.15) is 5.69 Å². The van der Waals surface area contributed by atoms with Gasteiger partial charge in [0.05, 0.1) is 4.92 Å². The van der Waals surface area contributed by atoms with E-state index in [1.54, 1.807) is 0 Å². The molecule has 1 aromatic carbocycles. The van der Waals surface area contributed by atoms with Crippen molar-refractivity contribution in [1.29, 1.82) is 0 Å². The molecule has 7 heteroatoms. The summed E-state index contributed by atoms with van der Waals surface area (Å²) in [5, 5.41) is 11.3. The molecule has 1 saturated carbocycles. The molecule has 0 spiro atoms. The van der Waals surface area contributed by atoms with Crippen molar-refractivity contribution in [2.24, 2.45) is 0 Å². The van der Waals surface area contributed by atoms with Gasteiger partial charge in [0.15, 0.2) is 0 Å². The minimum Gasteiger partial charge on any atom is -0.291 e. The second-order valence-electron chi connectivity index (χ2n) is 6.12. The van der Waals surface area contributed by atoms with E-state index in [0.29, 0.717) is 25.8 Å². The first-order valence-electron chi connectivity index (χ1n) is 8.05. The number of benzene rings is 1. The van der Waals surface area contributed by atoms with Gasteiger partial charge >= 0.3 is 16.9 Å². The van der Waals surface area contributed by atoms with Crippen LogP contribution in [0, 0.1) is 17.0 Å². The van der Waals surface area contributed by atoms with Crippen LogP contribution < -0.4 is 11.2 Å². The Morgan fingerprint density at radius 1 is 1.21 bits per heavy atom. The molecule has 1 fully saturated rings. The smallest absolute Gasteiger partial charge is 0.291 e. The van der Waals surface area contributed by atoms with Crippen LogP contribution in [0.3, 0.4) is 0 Å². The van der Waals surface area contributed by atoms with Gasteiger partial charge in [0.25, 0.3) is 0 Å². The van der Waals surface area contributed by atoms with Crippen molar-refractivity contribution in [3.63, 3.8) is 0 Å². The third kappa shape index (κ3) is 2.77. The zero-order valence-corrected chi connectivity index (χ0v) is 13.5. The first-order valence-corrected chi connectivity index (χ1v) is 8.05. The lowest BCUT2D eigenvalue weighted by Gasteiger charge is -2.27. The Kier molecular flexibility index (Phi) is 4.33. The van der Waals surface area contributed by atoms with Crippen LogP contribution in [0.5, 0.6) is 0 Å². The largest absolute Gasteiger partial charge is 0.353 e. The quantitative estimate of drug-likeness (QED) is 0.621. The molecule has 1 aliphatic carbocycles. The third-order valence-electron chi connectivity index (χ3n) is 4.70. The summed E-state index contributed by atoms with van der Waals surface area (Å²) in [4.78, 5) is 35.8. The van der Waals surface area contributed by atoms with Crippen LogP contribution in [0.4, 0.5) is 5.69 Å². The second-order valence-corrected chi connectivity index (χ2v) is 6.12. The van der Waals surface area contributed by atoms with Crippen LogP contribution in [-0.2, 0) is 13.0 Å². The fraction of sp³-hybridized carbons (Fsp3) is 0.412. The average molecular weight is 329 g/mol. The molecule has 0 unspecified atom stereocenters. The van der Waals surface area contributed by atoms with Crippen LogP contribution in [-0.4, -0.2) is 14.1 Å². The second kappa shape index (κ2) is 6.43. The van der Waals surface area contributed by atoms with Gasteiger partial charge in [-0.1, -0.05) is 30.3 Å². The number of rotatable bonds is 5. The number of hydrogen-bond donors (Lipinski definition) is 0. The summed E-state index contributed by atoms with van der Waals surface area (Å²) in [6, 6.07) is 9.38. The van der Waals surface area contributed by atoms with Crippen molar-refractivity contribution < 1.29 is 4.92 Å². The van der Waals surface area contributed by atoms with E-state index in [9.17, 15) is 19.7 Å². The molecular weight excluding hydrogens is 310 g/mol. The van der Waals surface area contributed by atoms with E-state index in [2.05, 4.69) is 0 Å². The predicted octanol–water partition coefficient (Wildman–Crippen LogP) is 2.19. The maximum Gasteiger partial charge on any atom is 0.353 e. The Morgan fingerprint density at radius 3 is 2.42 bits per heavy atom. The predicted molar refractivity (Wildman–Crippen MR) is 89.4 cm³/mol. The van der Waals surface area contributed by atoms with Gasteiger partial charge in [-0.25, -0.2) is 4.79 Å². The molecule has 1 aromatic heterocycles. The fourth-order valence-corrected chi connectivity index (χ4v) is 3.08. The summed E-state index contributed by atoms with van der Waals surface area (Å²) in [5.41, 5.74) is -0.546. The topological polar surface area (TPSA) is 87.1 Å². The molecule has 24 heavy (non-hydrogen) atoms. The molecule has 126 valence electrons. The molecule has 0 saturated heterocycles. The van der Waals surface area contributed by atoms with Crippen molar-refractivity contribution in [3.05, 3.63) is 72.5 Å². The van der Waals surface area contributed by atoms with Crippen LogP contribution >= 0.6 is 0 Å². The minimum atomic E-state index is -0.775. The normalized spacial score (nSPS) is 14.4. The Hall–Kier alpha value is -2.70. The summed E-state index contributed by atoms with van der Waals surface area (Å²) in [5.74, 6) is 0. The molecule has 2 aromatic rings. The molecule has 3 rings (SSSR count). The molecule has 0 atom stereocenters. The van der Waals surface area contributed by atoms with E-state index < -0.39 is 21.9 Å². The molecular formula is C17H19N3O4. The SMILES string of the molecule is Cc1c([N+](=O)[O-])c(=O)n(C2CCC2)c(=O)n1CCc1ccccc1. The first kappa shape index (κ1) is 16.2. The van der Waals surface area contributed by atoms with Gasteiger partial charge in [-0.3, -0.25) is 24.0 Å². The lowest BCUT2D eigenvalue weighted by Crippen LogP contribution is -2.45. The molecule has 1 heterocycles. The molecule has 0 amide bonds. The first-order chi connectivity index (χ1) is 11.5. The number of hydrogen-bond acceptors (Lipinski definition) is 4. The Bertz CT molecular complexity index is 879. The van der Waals surface area contributed by atoms with E-state index in [1.807, 2.05) is 30.3 Å². The van der Waals surface area contributed by atoms with Crippen molar-refractivity contribution in [1.82, 2.24) is 9.13 Å². The van der Waals surface area contributed by atoms with Gasteiger partial charge in [-0.2, -0.15) is 0 Å². The van der Waals surface area contributed by atoms with Crippen LogP contribution in [0.2, 0.25) is 0 Å². The third-order valence-corrected chi connectivity index (χ3v) is 4.70. The summed E-state index contributed by atoms with van der Waals surface area (Å²) in [6.07, 6.45) is 2.94. The molecule has 0 bridgehead atoms. The summed E-state index contributed by atoms with van der Waals surface area (Å²) in [6.45, 7) is 1.78. The monoisotopic (exact) mass is 329 g/mol. The van der Waals surface area contributed by atoms with Crippen molar-refractivity contribution in [3.8, 4) is 0 Å². The molecule has 0 N–H and O–H groups in total. The maximum atomic E-state index is 12.7. The number of aryl methyl sites for hydroxylation is 1. The highest BCUT2D eigenvalue weighted by Crippen LogP contribution is 2.29. The Morgan fingerprint density at radius 2 is 1.88 bits per heavy atom. The average Bonchev–Trinajstić information content (AvgIpc) is 2.50. The Balaban J connectivity index is 2.07.